The van der Waals surface area contributed by atoms with Crippen molar-refractivity contribution in [2.75, 3.05) is 58.4 Å². The lowest BCUT2D eigenvalue weighted by Gasteiger charge is -2.34. The molecule has 39 heavy (non-hydrogen) atoms. The topological polar surface area (TPSA) is 104 Å². The maximum Gasteiger partial charge on any atom is 0.251 e. The fourth-order valence-electron chi connectivity index (χ4n) is 5.41. The van der Waals surface area contributed by atoms with E-state index in [-0.39, 0.29) is 36.9 Å². The minimum atomic E-state index is -0.834. The molecule has 11 heteroatoms. The summed E-state index contributed by atoms with van der Waals surface area (Å²) < 4.78 is 11.1. The Bertz CT molecular complexity index is 1220. The maximum absolute atomic E-state index is 13.7. The summed E-state index contributed by atoms with van der Waals surface area (Å²) in [6.45, 7) is 9.86. The number of likely N-dealkylation sites (tertiary alicyclic amines) is 1. The highest BCUT2D eigenvalue weighted by Gasteiger charge is 2.54. The highest BCUT2D eigenvalue weighted by atomic mass is 32.1. The van der Waals surface area contributed by atoms with Gasteiger partial charge in [-0.2, -0.15) is 0 Å². The Hall–Kier alpha value is -2.86. The van der Waals surface area contributed by atoms with Gasteiger partial charge in [0.05, 0.1) is 12.2 Å². The SMILES string of the molecule is CO[C@H]1CN(C(=O)[C@@H](NC(=O)c2ccc(-c3csc(N4CCN(C)CC4)n3)cc2)C(C)(C)C)[C@@H]2C(=O)CO[C@@H]12. The predicted molar refractivity (Wildman–Crippen MR) is 149 cm³/mol. The van der Waals surface area contributed by atoms with Gasteiger partial charge in [0.25, 0.3) is 5.91 Å². The number of thiazole rings is 1. The Morgan fingerprint density at radius 2 is 1.85 bits per heavy atom. The van der Waals surface area contributed by atoms with Crippen molar-refractivity contribution in [3.8, 4) is 11.3 Å². The third kappa shape index (κ3) is 5.58. The molecule has 0 bridgehead atoms. The quantitative estimate of drug-likeness (QED) is 0.577. The number of piperazine rings is 1. The van der Waals surface area contributed by atoms with E-state index in [0.29, 0.717) is 5.56 Å². The van der Waals surface area contributed by atoms with Crippen molar-refractivity contribution >= 4 is 34.1 Å². The normalized spacial score (nSPS) is 24.6. The van der Waals surface area contributed by atoms with Gasteiger partial charge >= 0.3 is 0 Å². The van der Waals surface area contributed by atoms with E-state index in [1.165, 1.54) is 4.90 Å². The van der Waals surface area contributed by atoms with Gasteiger partial charge in [-0.05, 0) is 24.6 Å². The number of hydrogen-bond donors (Lipinski definition) is 1. The van der Waals surface area contributed by atoms with Crippen LogP contribution in [0.1, 0.15) is 31.1 Å². The molecule has 3 saturated heterocycles. The first kappa shape index (κ1) is 27.7. The number of ether oxygens (including phenoxy) is 2. The van der Waals surface area contributed by atoms with E-state index in [1.54, 1.807) is 30.6 Å². The first-order valence-corrected chi connectivity index (χ1v) is 14.2. The first-order chi connectivity index (χ1) is 18.6. The van der Waals surface area contributed by atoms with Gasteiger partial charge in [0.2, 0.25) is 5.91 Å². The van der Waals surface area contributed by atoms with E-state index in [9.17, 15) is 14.4 Å². The van der Waals surface area contributed by atoms with Gasteiger partial charge in [0, 0.05) is 49.8 Å². The molecule has 3 fully saturated rings. The first-order valence-electron chi connectivity index (χ1n) is 13.3. The summed E-state index contributed by atoms with van der Waals surface area (Å²) in [5.74, 6) is -0.792. The summed E-state index contributed by atoms with van der Waals surface area (Å²) in [6.07, 6.45) is -0.852. The fourth-order valence-corrected chi connectivity index (χ4v) is 6.30. The molecule has 4 atom stereocenters. The number of aromatic nitrogens is 1. The molecule has 3 aliphatic rings. The molecule has 0 spiro atoms. The standard InChI is InChI=1S/C28H37N5O5S/c1-28(2,3)24(26(36)33-14-21(37-5)23-22(33)20(34)15-38-23)30-25(35)18-8-6-17(7-9-18)19-16-39-27(29-19)32-12-10-31(4)11-13-32/h6-9,16,21-24H,10-15H2,1-5H3,(H,30,35)/t21-,22+,23-,24+/m0/s1. The summed E-state index contributed by atoms with van der Waals surface area (Å²) in [6, 6.07) is 5.76. The van der Waals surface area contributed by atoms with Crippen molar-refractivity contribution in [2.45, 2.75) is 45.1 Å². The van der Waals surface area contributed by atoms with Crippen molar-refractivity contribution in [1.29, 1.82) is 0 Å². The molecule has 0 radical (unpaired) electrons. The highest BCUT2D eigenvalue weighted by molar-refractivity contribution is 7.14. The molecule has 5 rings (SSSR count). The van der Waals surface area contributed by atoms with Gasteiger partial charge in [-0.1, -0.05) is 32.9 Å². The zero-order valence-corrected chi connectivity index (χ0v) is 24.0. The van der Waals surface area contributed by atoms with Crippen LogP contribution in [0.4, 0.5) is 5.13 Å². The Morgan fingerprint density at radius 1 is 1.15 bits per heavy atom. The zero-order valence-electron chi connectivity index (χ0n) is 23.2. The molecule has 2 aromatic rings. The number of rotatable bonds is 6. The van der Waals surface area contributed by atoms with Crippen LogP contribution in [0.25, 0.3) is 11.3 Å². The van der Waals surface area contributed by atoms with Crippen LogP contribution in [-0.4, -0.2) is 110 Å². The Labute approximate surface area is 233 Å². The van der Waals surface area contributed by atoms with Gasteiger partial charge < -0.3 is 29.5 Å². The summed E-state index contributed by atoms with van der Waals surface area (Å²) in [7, 11) is 3.68. The van der Waals surface area contributed by atoms with Crippen molar-refractivity contribution in [2.24, 2.45) is 5.41 Å². The summed E-state index contributed by atoms with van der Waals surface area (Å²) in [4.78, 5) is 50.5. The van der Waals surface area contributed by atoms with Gasteiger partial charge in [0.1, 0.15) is 30.9 Å². The van der Waals surface area contributed by atoms with Gasteiger partial charge in [-0.25, -0.2) is 4.98 Å². The van der Waals surface area contributed by atoms with Crippen molar-refractivity contribution in [1.82, 2.24) is 20.1 Å². The van der Waals surface area contributed by atoms with Crippen molar-refractivity contribution in [3.05, 3.63) is 35.2 Å². The second kappa shape index (κ2) is 11.0. The van der Waals surface area contributed by atoms with Gasteiger partial charge in [-0.3, -0.25) is 14.4 Å². The Balaban J connectivity index is 1.28. The molecule has 3 aliphatic heterocycles. The number of likely N-dealkylation sites (N-methyl/N-ethyl adjacent to an activating group) is 1. The second-order valence-corrected chi connectivity index (χ2v) is 12.4. The molecule has 4 heterocycles. The average molecular weight is 556 g/mol. The predicted octanol–water partition coefficient (Wildman–Crippen LogP) is 1.90. The number of carbonyl (C=O) groups excluding carboxylic acids is 3. The fraction of sp³-hybridized carbons (Fsp3) is 0.571. The number of anilines is 1. The van der Waals surface area contributed by atoms with E-state index in [4.69, 9.17) is 14.5 Å². The Morgan fingerprint density at radius 3 is 2.49 bits per heavy atom. The number of fused-ring (bicyclic) bond motifs is 1. The molecule has 0 unspecified atom stereocenters. The third-order valence-corrected chi connectivity index (χ3v) is 8.72. The molecular weight excluding hydrogens is 518 g/mol. The van der Waals surface area contributed by atoms with Gasteiger partial charge in [0.15, 0.2) is 10.9 Å². The molecule has 210 valence electrons. The number of nitrogens with zero attached hydrogens (tertiary/aromatic N) is 4. The van der Waals surface area contributed by atoms with E-state index in [1.807, 2.05) is 38.3 Å². The molecule has 1 aromatic heterocycles. The number of hydrogen-bond acceptors (Lipinski definition) is 9. The van der Waals surface area contributed by atoms with Crippen LogP contribution >= 0.6 is 11.3 Å². The monoisotopic (exact) mass is 555 g/mol. The van der Waals surface area contributed by atoms with Crippen LogP contribution in [0.15, 0.2) is 29.6 Å². The number of carbonyl (C=O) groups is 3. The summed E-state index contributed by atoms with van der Waals surface area (Å²) >= 11 is 1.63. The molecule has 2 amide bonds. The molecule has 1 aromatic carbocycles. The van der Waals surface area contributed by atoms with Crippen LogP contribution in [0.2, 0.25) is 0 Å². The highest BCUT2D eigenvalue weighted by Crippen LogP contribution is 2.32. The van der Waals surface area contributed by atoms with Crippen molar-refractivity contribution in [3.63, 3.8) is 0 Å². The van der Waals surface area contributed by atoms with Crippen molar-refractivity contribution < 1.29 is 23.9 Å². The van der Waals surface area contributed by atoms with Crippen LogP contribution in [-0.2, 0) is 19.1 Å². The van der Waals surface area contributed by atoms with Crippen LogP contribution in [0.3, 0.4) is 0 Å². The molecule has 0 aliphatic carbocycles. The van der Waals surface area contributed by atoms with E-state index in [0.717, 1.165) is 42.6 Å². The minimum absolute atomic E-state index is 0.0340. The maximum atomic E-state index is 13.7. The van der Waals surface area contributed by atoms with Crippen LogP contribution in [0, 0.1) is 5.41 Å². The van der Waals surface area contributed by atoms with Crippen LogP contribution in [0.5, 0.6) is 0 Å². The largest absolute Gasteiger partial charge is 0.377 e. The number of benzene rings is 1. The lowest BCUT2D eigenvalue weighted by molar-refractivity contribution is -0.140. The van der Waals surface area contributed by atoms with Crippen LogP contribution < -0.4 is 10.2 Å². The lowest BCUT2D eigenvalue weighted by atomic mass is 9.85. The second-order valence-electron chi connectivity index (χ2n) is 11.6. The number of methoxy groups -OCH3 is 1. The molecule has 1 N–H and O–H groups in total. The minimum Gasteiger partial charge on any atom is -0.377 e. The third-order valence-electron chi connectivity index (χ3n) is 7.82. The van der Waals surface area contributed by atoms with E-state index < -0.39 is 23.6 Å². The number of nitrogens with one attached hydrogen (secondary N) is 1. The molecule has 0 saturated carbocycles. The van der Waals surface area contributed by atoms with Gasteiger partial charge in [-0.15, -0.1) is 11.3 Å². The Kier molecular flexibility index (Phi) is 7.78. The average Bonchev–Trinajstić information content (AvgIpc) is 3.64. The van der Waals surface area contributed by atoms with E-state index in [2.05, 4.69) is 22.2 Å². The summed E-state index contributed by atoms with van der Waals surface area (Å²) in [5.41, 5.74) is 1.67. The molecule has 10 nitrogen and oxygen atoms in total. The smallest absolute Gasteiger partial charge is 0.251 e. The lowest BCUT2D eigenvalue weighted by Crippen LogP contribution is -2.57. The number of ketones is 1. The van der Waals surface area contributed by atoms with E-state index >= 15 is 0 Å². The molecular formula is C28H37N5O5S. The summed E-state index contributed by atoms with van der Waals surface area (Å²) in [5, 5.41) is 5.99. The zero-order chi connectivity index (χ0) is 27.9. The number of amides is 2. The number of Topliss-reactive ketones (excluding diaryl/α,β-unsaturated/α-hetero) is 1.